The van der Waals surface area contributed by atoms with Crippen LogP contribution >= 0.6 is 15.9 Å². The van der Waals surface area contributed by atoms with Gasteiger partial charge in [0, 0.05) is 29.6 Å². The zero-order chi connectivity index (χ0) is 6.41. The highest BCUT2D eigenvalue weighted by Gasteiger charge is 1.88. The van der Waals surface area contributed by atoms with Crippen molar-refractivity contribution in [2.24, 2.45) is 0 Å². The average Bonchev–Trinajstić information content (AvgIpc) is 1.66. The molecule has 0 aliphatic carbocycles. The Labute approximate surface area is 56.5 Å². The molecule has 0 spiro atoms. The van der Waals surface area contributed by atoms with Crippen molar-refractivity contribution in [3.8, 4) is 0 Å². The molecule has 8 heavy (non-hydrogen) atoms. The minimum atomic E-state index is -0.199. The topological polar surface area (TPSA) is 38.3 Å². The maximum atomic E-state index is 10.1. The van der Waals surface area contributed by atoms with E-state index in [9.17, 15) is 4.79 Å². The van der Waals surface area contributed by atoms with E-state index in [-0.39, 0.29) is 4.82 Å². The van der Waals surface area contributed by atoms with Gasteiger partial charge in [-0.15, -0.1) is 0 Å². The predicted octanol–water partition coefficient (Wildman–Crippen LogP) is 0.737. The fraction of sp³-hybridized carbons (Fsp3) is 0.750. The standard InChI is InChI=1S/C4H8BrNO2/c1-8-3-2-6-4(5)7/h2-3H2,1H3,(H,6,7). The zero-order valence-electron chi connectivity index (χ0n) is 4.61. The van der Waals surface area contributed by atoms with Crippen molar-refractivity contribution in [3.63, 3.8) is 0 Å². The number of carbonyl (C=O) groups excluding carboxylic acids is 1. The van der Waals surface area contributed by atoms with Gasteiger partial charge in [0.25, 0.3) is 4.82 Å². The van der Waals surface area contributed by atoms with Gasteiger partial charge in [-0.2, -0.15) is 0 Å². The fourth-order valence-electron chi connectivity index (χ4n) is 0.251. The highest BCUT2D eigenvalue weighted by atomic mass is 79.9. The first-order valence-corrected chi connectivity index (χ1v) is 2.99. The second kappa shape index (κ2) is 5.05. The number of rotatable bonds is 3. The van der Waals surface area contributed by atoms with Crippen LogP contribution in [0.5, 0.6) is 0 Å². The average molecular weight is 182 g/mol. The zero-order valence-corrected chi connectivity index (χ0v) is 6.19. The van der Waals surface area contributed by atoms with E-state index in [1.807, 2.05) is 0 Å². The van der Waals surface area contributed by atoms with Crippen molar-refractivity contribution in [2.75, 3.05) is 20.3 Å². The van der Waals surface area contributed by atoms with Crippen molar-refractivity contribution >= 4 is 20.7 Å². The monoisotopic (exact) mass is 181 g/mol. The molecule has 0 saturated heterocycles. The van der Waals surface area contributed by atoms with Gasteiger partial charge in [-0.25, -0.2) is 0 Å². The lowest BCUT2D eigenvalue weighted by molar-refractivity contribution is 0.199. The van der Waals surface area contributed by atoms with Crippen LogP contribution in [0.4, 0.5) is 4.79 Å². The normalized spacial score (nSPS) is 8.75. The summed E-state index contributed by atoms with van der Waals surface area (Å²) >= 11 is 2.70. The number of amides is 1. The molecule has 1 N–H and O–H groups in total. The molecule has 0 saturated carbocycles. The van der Waals surface area contributed by atoms with Crippen molar-refractivity contribution in [1.82, 2.24) is 5.32 Å². The highest BCUT2D eigenvalue weighted by molar-refractivity contribution is 9.18. The number of methoxy groups -OCH3 is 1. The van der Waals surface area contributed by atoms with E-state index in [0.29, 0.717) is 13.2 Å². The quantitative estimate of drug-likeness (QED) is 0.397. The van der Waals surface area contributed by atoms with Gasteiger partial charge in [0.15, 0.2) is 0 Å². The van der Waals surface area contributed by atoms with Crippen LogP contribution in [0.15, 0.2) is 0 Å². The van der Waals surface area contributed by atoms with E-state index in [4.69, 9.17) is 0 Å². The molecule has 0 aromatic heterocycles. The van der Waals surface area contributed by atoms with Crippen LogP contribution in [0.2, 0.25) is 0 Å². The van der Waals surface area contributed by atoms with Gasteiger partial charge in [-0.05, 0) is 0 Å². The molecule has 0 radical (unpaired) electrons. The van der Waals surface area contributed by atoms with Crippen LogP contribution in [-0.2, 0) is 4.74 Å². The molecule has 0 heterocycles. The molecular weight excluding hydrogens is 174 g/mol. The maximum Gasteiger partial charge on any atom is 0.287 e. The van der Waals surface area contributed by atoms with E-state index >= 15 is 0 Å². The predicted molar refractivity (Wildman–Crippen MR) is 34.2 cm³/mol. The molecule has 0 aliphatic rings. The third-order valence-electron chi connectivity index (χ3n) is 0.570. The van der Waals surface area contributed by atoms with Crippen LogP contribution < -0.4 is 5.32 Å². The van der Waals surface area contributed by atoms with Crippen LogP contribution in [0.1, 0.15) is 0 Å². The van der Waals surface area contributed by atoms with E-state index in [0.717, 1.165) is 0 Å². The Bertz CT molecular complexity index is 76.4. The Balaban J connectivity index is 2.82. The van der Waals surface area contributed by atoms with E-state index in [2.05, 4.69) is 26.0 Å². The van der Waals surface area contributed by atoms with Crippen LogP contribution in [0.3, 0.4) is 0 Å². The second-order valence-electron chi connectivity index (χ2n) is 1.19. The fourth-order valence-corrected chi connectivity index (χ4v) is 0.450. The number of ether oxygens (including phenoxy) is 1. The molecule has 3 nitrogen and oxygen atoms in total. The molecule has 4 heteroatoms. The van der Waals surface area contributed by atoms with E-state index < -0.39 is 0 Å². The molecule has 0 bridgehead atoms. The van der Waals surface area contributed by atoms with E-state index in [1.165, 1.54) is 0 Å². The summed E-state index contributed by atoms with van der Waals surface area (Å²) in [4.78, 5) is 9.87. The Morgan fingerprint density at radius 1 is 1.88 bits per heavy atom. The lowest BCUT2D eigenvalue weighted by Crippen LogP contribution is -2.20. The number of hydrogen-bond acceptors (Lipinski definition) is 2. The molecule has 0 unspecified atom stereocenters. The SMILES string of the molecule is COCCNC(=O)Br. The first-order chi connectivity index (χ1) is 3.77. The van der Waals surface area contributed by atoms with Crippen LogP contribution in [-0.4, -0.2) is 25.1 Å². The third-order valence-corrected chi connectivity index (χ3v) is 0.851. The minimum absolute atomic E-state index is 0.199. The van der Waals surface area contributed by atoms with Gasteiger partial charge < -0.3 is 10.1 Å². The Hall–Kier alpha value is -0.0900. The molecule has 0 atom stereocenters. The number of carbonyl (C=O) groups is 1. The maximum absolute atomic E-state index is 10.1. The van der Waals surface area contributed by atoms with Gasteiger partial charge in [-0.1, -0.05) is 0 Å². The summed E-state index contributed by atoms with van der Waals surface area (Å²) in [6.45, 7) is 1.11. The van der Waals surface area contributed by atoms with Crippen LogP contribution in [0, 0.1) is 0 Å². The number of nitrogens with one attached hydrogen (secondary N) is 1. The summed E-state index contributed by atoms with van der Waals surface area (Å²) in [6, 6.07) is 0. The largest absolute Gasteiger partial charge is 0.383 e. The summed E-state index contributed by atoms with van der Waals surface area (Å²) in [5.74, 6) is 0. The van der Waals surface area contributed by atoms with Crippen LogP contribution in [0.25, 0.3) is 0 Å². The Morgan fingerprint density at radius 3 is 2.88 bits per heavy atom. The molecule has 0 aliphatic heterocycles. The third kappa shape index (κ3) is 5.91. The Morgan fingerprint density at radius 2 is 2.50 bits per heavy atom. The summed E-state index contributed by atoms with van der Waals surface area (Å²) in [7, 11) is 1.58. The van der Waals surface area contributed by atoms with Gasteiger partial charge in [-0.3, -0.25) is 4.79 Å². The van der Waals surface area contributed by atoms with Gasteiger partial charge in [0.05, 0.1) is 6.61 Å². The molecule has 0 aromatic rings. The van der Waals surface area contributed by atoms with Crippen molar-refractivity contribution in [1.29, 1.82) is 0 Å². The first-order valence-electron chi connectivity index (χ1n) is 2.19. The summed E-state index contributed by atoms with van der Waals surface area (Å²) in [5, 5.41) is 2.50. The highest BCUT2D eigenvalue weighted by Crippen LogP contribution is 1.79. The lowest BCUT2D eigenvalue weighted by Gasteiger charge is -1.96. The summed E-state index contributed by atoms with van der Waals surface area (Å²) in [5.41, 5.74) is 0. The van der Waals surface area contributed by atoms with Crippen molar-refractivity contribution < 1.29 is 9.53 Å². The van der Waals surface area contributed by atoms with Crippen molar-refractivity contribution in [2.45, 2.75) is 0 Å². The molecule has 48 valence electrons. The molecular formula is C4H8BrNO2. The molecule has 1 amide bonds. The number of halogens is 1. The smallest absolute Gasteiger partial charge is 0.287 e. The molecule has 0 aromatic carbocycles. The summed E-state index contributed by atoms with van der Waals surface area (Å²) < 4.78 is 4.66. The Kier molecular flexibility index (Phi) is 5.00. The first kappa shape index (κ1) is 7.91. The second-order valence-corrected chi connectivity index (χ2v) is 1.91. The van der Waals surface area contributed by atoms with Gasteiger partial charge in [0.2, 0.25) is 0 Å². The van der Waals surface area contributed by atoms with Gasteiger partial charge in [0.1, 0.15) is 0 Å². The minimum Gasteiger partial charge on any atom is -0.383 e. The number of hydrogen-bond donors (Lipinski definition) is 1. The molecule has 0 fully saturated rings. The molecule has 0 rings (SSSR count). The van der Waals surface area contributed by atoms with Gasteiger partial charge >= 0.3 is 0 Å². The van der Waals surface area contributed by atoms with Crippen molar-refractivity contribution in [3.05, 3.63) is 0 Å². The van der Waals surface area contributed by atoms with E-state index in [1.54, 1.807) is 7.11 Å². The lowest BCUT2D eigenvalue weighted by atomic mass is 10.7. The summed E-state index contributed by atoms with van der Waals surface area (Å²) in [6.07, 6.45) is 0.